The quantitative estimate of drug-likeness (QED) is 0.324. The van der Waals surface area contributed by atoms with Crippen LogP contribution in [0.25, 0.3) is 21.8 Å². The summed E-state index contributed by atoms with van der Waals surface area (Å²) in [6, 6.07) is 31.8. The number of hydrogen-bond donors (Lipinski definition) is 0. The Morgan fingerprint density at radius 3 is 2.45 bits per heavy atom. The van der Waals surface area contributed by atoms with Crippen molar-refractivity contribution in [3.05, 3.63) is 103 Å². The highest BCUT2D eigenvalue weighted by molar-refractivity contribution is 5.94. The summed E-state index contributed by atoms with van der Waals surface area (Å²) in [5.41, 5.74) is 2.67. The molecule has 1 heterocycles. The van der Waals surface area contributed by atoms with E-state index in [0.717, 1.165) is 39.1 Å². The van der Waals surface area contributed by atoms with Crippen molar-refractivity contribution < 1.29 is 9.53 Å². The highest BCUT2D eigenvalue weighted by Crippen LogP contribution is 2.26. The third-order valence-corrected chi connectivity index (χ3v) is 5.82. The second-order valence-corrected chi connectivity index (χ2v) is 7.84. The van der Waals surface area contributed by atoms with E-state index in [4.69, 9.17) is 9.72 Å². The Kier molecular flexibility index (Phi) is 5.77. The van der Waals surface area contributed by atoms with E-state index in [9.17, 15) is 4.79 Å². The molecule has 33 heavy (non-hydrogen) atoms. The number of fused-ring (bicyclic) bond motifs is 2. The first-order chi connectivity index (χ1) is 16.2. The number of para-hydroxylation sites is 3. The highest BCUT2D eigenvalue weighted by atomic mass is 16.5. The number of hydrogen-bond acceptors (Lipinski definition) is 3. The molecule has 0 N–H and O–H groups in total. The molecule has 5 rings (SSSR count). The minimum atomic E-state index is 0.0123. The summed E-state index contributed by atoms with van der Waals surface area (Å²) < 4.78 is 8.19. The molecule has 0 fully saturated rings. The van der Waals surface area contributed by atoms with E-state index < -0.39 is 0 Å². The standard InChI is InChI=1S/C28H25N3O2/c1-2-30(22-13-4-3-5-14-22)28(32)19-31-25-17-9-8-16-24(25)29-27(31)20-33-26-18-10-12-21-11-6-7-15-23(21)26/h3-18H,2,19-20H2,1H3. The molecular formula is C28H25N3O2. The Hall–Kier alpha value is -4.12. The minimum Gasteiger partial charge on any atom is -0.485 e. The van der Waals surface area contributed by atoms with Crippen LogP contribution in [0.1, 0.15) is 12.7 Å². The first kappa shape index (κ1) is 20.8. The van der Waals surface area contributed by atoms with Crippen molar-refractivity contribution in [2.75, 3.05) is 11.4 Å². The third-order valence-electron chi connectivity index (χ3n) is 5.82. The highest BCUT2D eigenvalue weighted by Gasteiger charge is 2.19. The van der Waals surface area contributed by atoms with E-state index >= 15 is 0 Å². The Morgan fingerprint density at radius 2 is 1.61 bits per heavy atom. The van der Waals surface area contributed by atoms with Crippen molar-refractivity contribution in [3.8, 4) is 5.75 Å². The fraction of sp³-hybridized carbons (Fsp3) is 0.143. The van der Waals surface area contributed by atoms with Crippen LogP contribution in [0.3, 0.4) is 0 Å². The van der Waals surface area contributed by atoms with Gasteiger partial charge >= 0.3 is 0 Å². The molecule has 0 saturated heterocycles. The van der Waals surface area contributed by atoms with Gasteiger partial charge in [-0.2, -0.15) is 0 Å². The van der Waals surface area contributed by atoms with Gasteiger partial charge in [0.1, 0.15) is 24.7 Å². The van der Waals surface area contributed by atoms with E-state index in [1.165, 1.54) is 0 Å². The van der Waals surface area contributed by atoms with Crippen LogP contribution in [-0.2, 0) is 17.9 Å². The molecule has 1 aromatic heterocycles. The van der Waals surface area contributed by atoms with Crippen LogP contribution in [0.5, 0.6) is 5.75 Å². The number of imidazole rings is 1. The van der Waals surface area contributed by atoms with Crippen molar-refractivity contribution >= 4 is 33.4 Å². The fourth-order valence-electron chi connectivity index (χ4n) is 4.21. The van der Waals surface area contributed by atoms with Crippen LogP contribution >= 0.6 is 0 Å². The van der Waals surface area contributed by atoms with E-state index in [1.807, 2.05) is 90.4 Å². The van der Waals surface area contributed by atoms with Gasteiger partial charge < -0.3 is 14.2 Å². The fourth-order valence-corrected chi connectivity index (χ4v) is 4.21. The molecule has 5 nitrogen and oxygen atoms in total. The topological polar surface area (TPSA) is 47.4 Å². The van der Waals surface area contributed by atoms with Crippen LogP contribution in [0, 0.1) is 0 Å². The first-order valence-electron chi connectivity index (χ1n) is 11.1. The summed E-state index contributed by atoms with van der Waals surface area (Å²) in [6.45, 7) is 3.05. The lowest BCUT2D eigenvalue weighted by molar-refractivity contribution is -0.119. The van der Waals surface area contributed by atoms with Gasteiger partial charge in [0, 0.05) is 17.6 Å². The van der Waals surface area contributed by atoms with E-state index in [2.05, 4.69) is 18.2 Å². The number of carbonyl (C=O) groups is 1. The van der Waals surface area contributed by atoms with Gasteiger partial charge in [0.25, 0.3) is 0 Å². The largest absolute Gasteiger partial charge is 0.485 e. The molecule has 0 atom stereocenters. The summed E-state index contributed by atoms with van der Waals surface area (Å²) >= 11 is 0. The zero-order valence-corrected chi connectivity index (χ0v) is 18.5. The molecule has 164 valence electrons. The van der Waals surface area contributed by atoms with Gasteiger partial charge in [-0.3, -0.25) is 4.79 Å². The second-order valence-electron chi connectivity index (χ2n) is 7.84. The zero-order chi connectivity index (χ0) is 22.6. The van der Waals surface area contributed by atoms with Crippen LogP contribution in [0.2, 0.25) is 0 Å². The number of aromatic nitrogens is 2. The molecule has 5 heteroatoms. The van der Waals surface area contributed by atoms with Crippen molar-refractivity contribution in [3.63, 3.8) is 0 Å². The Labute approximate surface area is 192 Å². The summed E-state index contributed by atoms with van der Waals surface area (Å²) in [7, 11) is 0. The zero-order valence-electron chi connectivity index (χ0n) is 18.5. The van der Waals surface area contributed by atoms with Gasteiger partial charge in [-0.1, -0.05) is 66.7 Å². The number of rotatable bonds is 7. The number of carbonyl (C=O) groups excluding carboxylic acids is 1. The van der Waals surface area contributed by atoms with Gasteiger partial charge in [-0.25, -0.2) is 4.98 Å². The Bertz CT molecular complexity index is 1400. The van der Waals surface area contributed by atoms with Crippen molar-refractivity contribution in [2.24, 2.45) is 0 Å². The number of likely N-dealkylation sites (N-methyl/N-ethyl adjacent to an activating group) is 1. The molecule has 0 bridgehead atoms. The minimum absolute atomic E-state index is 0.0123. The van der Waals surface area contributed by atoms with Crippen molar-refractivity contribution in [1.82, 2.24) is 9.55 Å². The monoisotopic (exact) mass is 435 g/mol. The lowest BCUT2D eigenvalue weighted by Crippen LogP contribution is -2.34. The maximum Gasteiger partial charge on any atom is 0.246 e. The molecule has 0 aliphatic rings. The SMILES string of the molecule is CCN(C(=O)Cn1c(COc2cccc3ccccc23)nc2ccccc21)c1ccccc1. The number of ether oxygens (including phenoxy) is 1. The van der Waals surface area contributed by atoms with Gasteiger partial charge in [-0.15, -0.1) is 0 Å². The van der Waals surface area contributed by atoms with Gasteiger partial charge in [0.15, 0.2) is 0 Å². The van der Waals surface area contributed by atoms with E-state index in [-0.39, 0.29) is 19.1 Å². The predicted molar refractivity (Wildman–Crippen MR) is 132 cm³/mol. The number of benzene rings is 4. The maximum absolute atomic E-state index is 13.3. The first-order valence-corrected chi connectivity index (χ1v) is 11.1. The normalized spacial score (nSPS) is 11.1. The van der Waals surface area contributed by atoms with Crippen LogP contribution in [0.4, 0.5) is 5.69 Å². The molecule has 0 spiro atoms. The summed E-state index contributed by atoms with van der Waals surface area (Å²) in [6.07, 6.45) is 0. The van der Waals surface area contributed by atoms with E-state index in [1.54, 1.807) is 4.90 Å². The average Bonchev–Trinajstić information content (AvgIpc) is 3.21. The van der Waals surface area contributed by atoms with Crippen molar-refractivity contribution in [2.45, 2.75) is 20.1 Å². The molecule has 0 aliphatic carbocycles. The molecule has 5 aromatic rings. The van der Waals surface area contributed by atoms with Crippen LogP contribution in [0.15, 0.2) is 97.1 Å². The third kappa shape index (κ3) is 4.17. The Balaban J connectivity index is 1.45. The predicted octanol–water partition coefficient (Wildman–Crippen LogP) is 5.82. The maximum atomic E-state index is 13.3. The van der Waals surface area contributed by atoms with Crippen molar-refractivity contribution in [1.29, 1.82) is 0 Å². The summed E-state index contributed by atoms with van der Waals surface area (Å²) in [5.74, 6) is 1.54. The molecule has 0 radical (unpaired) electrons. The van der Waals surface area contributed by atoms with Crippen LogP contribution in [-0.4, -0.2) is 22.0 Å². The number of amides is 1. The molecule has 0 saturated carbocycles. The lowest BCUT2D eigenvalue weighted by Gasteiger charge is -2.22. The smallest absolute Gasteiger partial charge is 0.246 e. The Morgan fingerprint density at radius 1 is 0.879 bits per heavy atom. The average molecular weight is 436 g/mol. The van der Waals surface area contributed by atoms with Gasteiger partial charge in [0.2, 0.25) is 5.91 Å². The molecule has 0 aliphatic heterocycles. The van der Waals surface area contributed by atoms with Gasteiger partial charge in [-0.05, 0) is 42.6 Å². The van der Waals surface area contributed by atoms with E-state index in [0.29, 0.717) is 6.54 Å². The second kappa shape index (κ2) is 9.17. The van der Waals surface area contributed by atoms with Crippen LogP contribution < -0.4 is 9.64 Å². The molecule has 0 unspecified atom stereocenters. The molecule has 4 aromatic carbocycles. The van der Waals surface area contributed by atoms with Gasteiger partial charge in [0.05, 0.1) is 11.0 Å². The number of nitrogens with zero attached hydrogens (tertiary/aromatic N) is 3. The molecule has 1 amide bonds. The molecular weight excluding hydrogens is 410 g/mol. The summed E-state index contributed by atoms with van der Waals surface area (Å²) in [5, 5.41) is 2.18. The number of anilines is 1. The summed E-state index contributed by atoms with van der Waals surface area (Å²) in [4.78, 5) is 19.9. The lowest BCUT2D eigenvalue weighted by atomic mass is 10.1.